The average molecular weight is 1120 g/mol. The lowest BCUT2D eigenvalue weighted by Gasteiger charge is -2.24. The maximum absolute atomic E-state index is 14.0. The van der Waals surface area contributed by atoms with Gasteiger partial charge in [-0.2, -0.15) is 8.78 Å². The van der Waals surface area contributed by atoms with Crippen LogP contribution in [0.1, 0.15) is 93.5 Å². The maximum Gasteiger partial charge on any atom is 0.201 e. The van der Waals surface area contributed by atoms with Crippen LogP contribution in [0.25, 0.3) is 44.2 Å². The van der Waals surface area contributed by atoms with E-state index >= 15 is 0 Å². The van der Waals surface area contributed by atoms with Crippen LogP contribution in [-0.4, -0.2) is 12.2 Å². The van der Waals surface area contributed by atoms with E-state index in [0.717, 1.165) is 47.9 Å². The van der Waals surface area contributed by atoms with Gasteiger partial charge < -0.3 is 23.4 Å². The minimum atomic E-state index is -0.841. The molecule has 0 radical (unpaired) electrons. The number of rotatable bonds is 0. The molecule has 0 spiro atoms. The molecule has 4 aliphatic rings. The van der Waals surface area contributed by atoms with Gasteiger partial charge in [-0.15, -0.1) is 0 Å². The zero-order valence-corrected chi connectivity index (χ0v) is 46.3. The Morgan fingerprint density at radius 2 is 0.654 bits per heavy atom. The van der Waals surface area contributed by atoms with Gasteiger partial charge in [-0.1, -0.05) is 72.8 Å². The Morgan fingerprint density at radius 3 is 1.02 bits per heavy atom. The highest BCUT2D eigenvalue weighted by molar-refractivity contribution is 6.05. The first-order valence-electron chi connectivity index (χ1n) is 26.4. The van der Waals surface area contributed by atoms with Crippen LogP contribution in [0.15, 0.2) is 89.3 Å². The fourth-order valence-corrected chi connectivity index (χ4v) is 10.1. The molecule has 9 aromatic rings. The molecule has 2 unspecified atom stereocenters. The third-order valence-electron chi connectivity index (χ3n) is 14.9. The monoisotopic (exact) mass is 1120 g/mol. The van der Waals surface area contributed by atoms with Crippen LogP contribution >= 0.6 is 0 Å². The van der Waals surface area contributed by atoms with Gasteiger partial charge in [-0.05, 0) is 174 Å². The molecule has 0 fully saturated rings. The first-order chi connectivity index (χ1) is 38.5. The summed E-state index contributed by atoms with van der Waals surface area (Å²) >= 11 is 0. The second kappa shape index (κ2) is 23.3. The van der Waals surface area contributed by atoms with E-state index in [9.17, 15) is 43.9 Å². The molecule has 5 nitrogen and oxygen atoms in total. The summed E-state index contributed by atoms with van der Waals surface area (Å²) in [7, 11) is 0. The van der Waals surface area contributed by atoms with Gasteiger partial charge in [0.1, 0.15) is 24.8 Å². The molecule has 0 aliphatic carbocycles. The Kier molecular flexibility index (Phi) is 16.6. The molecule has 4 aliphatic heterocycles. The van der Waals surface area contributed by atoms with Crippen molar-refractivity contribution < 1.29 is 67.3 Å². The summed E-state index contributed by atoms with van der Waals surface area (Å²) in [5, 5.41) is 1.23. The first-order valence-corrected chi connectivity index (χ1v) is 26.4. The lowest BCUT2D eigenvalue weighted by Crippen LogP contribution is -2.20. The lowest BCUT2D eigenvalue weighted by atomic mass is 9.94. The van der Waals surface area contributed by atoms with Crippen molar-refractivity contribution in [2.45, 2.75) is 120 Å². The SMILES string of the molecule is Cc1cc2c(c(F)c1F)OC(C)CC2.Cc1cc2c(c(F)c1F)OC(C)CC2.Cc1ccc2c(c1F)COc1c-2ccc(C)c1F.Cc1ccc2c(c1F)COc1c-2ccc(C)c1F.Cc1ccc2c(oc3c(F)c(C)ccc32)c1F. The number of fused-ring (bicyclic) bond motifs is 11. The number of hydrogen-bond acceptors (Lipinski definition) is 5. The van der Waals surface area contributed by atoms with Crippen LogP contribution < -0.4 is 18.9 Å². The van der Waals surface area contributed by atoms with Gasteiger partial charge in [-0.3, -0.25) is 0 Å². The van der Waals surface area contributed by atoms with E-state index in [1.54, 1.807) is 128 Å². The molecule has 13 rings (SSSR count). The molecule has 0 bridgehead atoms. The third-order valence-corrected chi connectivity index (χ3v) is 14.9. The number of ether oxygens (including phenoxy) is 4. The van der Waals surface area contributed by atoms with Crippen molar-refractivity contribution in [2.24, 2.45) is 0 Å². The Labute approximate surface area is 463 Å². The molecular formula is C66H58F10O5. The molecule has 0 saturated heterocycles. The van der Waals surface area contributed by atoms with Crippen molar-refractivity contribution in [1.82, 2.24) is 0 Å². The molecule has 2 atom stereocenters. The largest absolute Gasteiger partial charge is 0.487 e. The van der Waals surface area contributed by atoms with Crippen LogP contribution in [-0.2, 0) is 26.1 Å². The standard InChI is InChI=1S/2C15H12F2O.C14H10F2O.2C11H12F2O/c2*1-8-3-5-10-11-6-4-9(2)14(17)15(11)18-7-12(10)13(8)16;1-7-3-5-9-10-6-4-8(2)12(16)14(10)17-13(9)11(7)15;2*1-6-5-8-4-3-7(2)14-11(8)10(13)9(6)12/h2*3-6H,7H2,1-2H3;3-6H,1-2H3;2*5,7H,3-4H2,1-2H3. The number of aryl methyl sites for hydroxylation is 10. The number of hydrogen-bond donors (Lipinski definition) is 0. The maximum atomic E-state index is 14.0. The van der Waals surface area contributed by atoms with E-state index in [1.165, 1.54) is 0 Å². The highest BCUT2D eigenvalue weighted by Gasteiger charge is 2.28. The van der Waals surface area contributed by atoms with Crippen LogP contribution in [0.2, 0.25) is 0 Å². The van der Waals surface area contributed by atoms with Crippen molar-refractivity contribution in [2.75, 3.05) is 0 Å². The third kappa shape index (κ3) is 11.2. The number of benzene rings is 8. The van der Waals surface area contributed by atoms with Crippen LogP contribution in [0, 0.1) is 114 Å². The molecule has 8 aromatic carbocycles. The minimum absolute atomic E-state index is 0.0286. The normalized spacial score (nSPS) is 15.0. The second-order valence-corrected chi connectivity index (χ2v) is 21.0. The van der Waals surface area contributed by atoms with E-state index in [1.807, 2.05) is 26.0 Å². The van der Waals surface area contributed by atoms with E-state index in [2.05, 4.69) is 0 Å². The van der Waals surface area contributed by atoms with Crippen molar-refractivity contribution in [3.8, 4) is 45.3 Å². The summed E-state index contributed by atoms with van der Waals surface area (Å²) in [4.78, 5) is 0. The summed E-state index contributed by atoms with van der Waals surface area (Å²) in [5.74, 6) is -4.70. The van der Waals surface area contributed by atoms with Gasteiger partial charge in [0.2, 0.25) is 11.6 Å². The Bertz CT molecular complexity index is 3570. The molecule has 5 heterocycles. The predicted octanol–water partition coefficient (Wildman–Crippen LogP) is 18.7. The lowest BCUT2D eigenvalue weighted by molar-refractivity contribution is 0.180. The molecular weight excluding hydrogens is 1060 g/mol. The molecule has 0 saturated carbocycles. The Balaban J connectivity index is 0.000000123. The molecule has 81 heavy (non-hydrogen) atoms. The van der Waals surface area contributed by atoms with Gasteiger partial charge in [0, 0.05) is 33.0 Å². The van der Waals surface area contributed by atoms with Gasteiger partial charge in [0.05, 0.1) is 12.2 Å². The quantitative estimate of drug-likeness (QED) is 0.142. The Hall–Kier alpha value is -7.94. The van der Waals surface area contributed by atoms with Gasteiger partial charge in [0.15, 0.2) is 69.1 Å². The van der Waals surface area contributed by atoms with Gasteiger partial charge >= 0.3 is 0 Å². The van der Waals surface area contributed by atoms with Crippen LogP contribution in [0.5, 0.6) is 23.0 Å². The van der Waals surface area contributed by atoms with Crippen molar-refractivity contribution in [3.63, 3.8) is 0 Å². The zero-order chi connectivity index (χ0) is 58.5. The van der Waals surface area contributed by atoms with E-state index in [4.69, 9.17) is 23.4 Å². The Morgan fingerprint density at radius 1 is 0.333 bits per heavy atom. The minimum Gasteiger partial charge on any atom is -0.487 e. The summed E-state index contributed by atoms with van der Waals surface area (Å²) in [6.45, 7) is 17.1. The van der Waals surface area contributed by atoms with E-state index in [-0.39, 0.29) is 82.9 Å². The first kappa shape index (κ1) is 57.7. The van der Waals surface area contributed by atoms with Crippen molar-refractivity contribution in [1.29, 1.82) is 0 Å². The predicted molar refractivity (Wildman–Crippen MR) is 293 cm³/mol. The fourth-order valence-electron chi connectivity index (χ4n) is 10.1. The number of furan rings is 1. The average Bonchev–Trinajstić information content (AvgIpc) is 4.09. The number of halogens is 10. The van der Waals surface area contributed by atoms with Crippen molar-refractivity contribution in [3.05, 3.63) is 210 Å². The fraction of sp³-hybridized carbons (Fsp3) is 0.273. The highest BCUT2D eigenvalue weighted by Crippen LogP contribution is 2.44. The zero-order valence-electron chi connectivity index (χ0n) is 46.3. The summed E-state index contributed by atoms with van der Waals surface area (Å²) in [6.07, 6.45) is 3.18. The topological polar surface area (TPSA) is 50.1 Å². The second-order valence-electron chi connectivity index (χ2n) is 21.0. The van der Waals surface area contributed by atoms with Gasteiger partial charge in [-0.25, -0.2) is 35.1 Å². The summed E-state index contributed by atoms with van der Waals surface area (Å²) in [5.41, 5.74) is 9.41. The summed E-state index contributed by atoms with van der Waals surface area (Å²) < 4.78 is 163. The van der Waals surface area contributed by atoms with Crippen LogP contribution in [0.4, 0.5) is 43.9 Å². The van der Waals surface area contributed by atoms with Gasteiger partial charge in [0.25, 0.3) is 0 Å². The van der Waals surface area contributed by atoms with Crippen molar-refractivity contribution >= 4 is 21.9 Å². The molecule has 15 heteroatoms. The van der Waals surface area contributed by atoms with E-state index in [0.29, 0.717) is 77.5 Å². The molecule has 0 amide bonds. The summed E-state index contributed by atoms with van der Waals surface area (Å²) in [6, 6.07) is 24.2. The smallest absolute Gasteiger partial charge is 0.201 e. The van der Waals surface area contributed by atoms with Crippen LogP contribution in [0.3, 0.4) is 0 Å². The molecule has 1 aromatic heterocycles. The molecule has 0 N–H and O–H groups in total. The highest BCUT2D eigenvalue weighted by atomic mass is 19.2. The van der Waals surface area contributed by atoms with E-state index < -0.39 is 34.9 Å². The molecule has 422 valence electrons.